The summed E-state index contributed by atoms with van der Waals surface area (Å²) < 4.78 is 17.3. The average Bonchev–Trinajstić information content (AvgIpc) is 2.69. The molecular weight excluding hydrogens is 344 g/mol. The number of hydroxylamine groups is 2. The number of carbonyl (C=O) groups is 1. The molecule has 0 spiro atoms. The molecule has 2 heterocycles. The molecule has 2 fully saturated rings. The maximum atomic E-state index is 12.3. The van der Waals surface area contributed by atoms with Gasteiger partial charge in [0.2, 0.25) is 0 Å². The van der Waals surface area contributed by atoms with Gasteiger partial charge in [-0.3, -0.25) is 9.63 Å². The summed E-state index contributed by atoms with van der Waals surface area (Å²) >= 11 is 0. The minimum Gasteiger partial charge on any atom is -0.389 e. The molecular formula is C16H20N4O6. The van der Waals surface area contributed by atoms with Gasteiger partial charge in [0.1, 0.15) is 18.3 Å². The van der Waals surface area contributed by atoms with Crippen LogP contribution in [0.1, 0.15) is 11.9 Å². The first kappa shape index (κ1) is 18.6. The summed E-state index contributed by atoms with van der Waals surface area (Å²) in [5.74, 6) is -0.596. The van der Waals surface area contributed by atoms with Gasteiger partial charge in [-0.05, 0) is 5.53 Å². The van der Waals surface area contributed by atoms with Crippen molar-refractivity contribution in [1.82, 2.24) is 5.06 Å². The van der Waals surface area contributed by atoms with Crippen molar-refractivity contribution >= 4 is 5.91 Å². The molecule has 1 aromatic carbocycles. The molecule has 1 unspecified atom stereocenters. The zero-order valence-corrected chi connectivity index (χ0v) is 14.3. The lowest BCUT2D eigenvalue weighted by Gasteiger charge is -2.46. The molecule has 0 radical (unpaired) electrons. The molecule has 26 heavy (non-hydrogen) atoms. The van der Waals surface area contributed by atoms with Gasteiger partial charge in [-0.15, -0.1) is 0 Å². The van der Waals surface area contributed by atoms with Crippen molar-refractivity contribution in [1.29, 1.82) is 0 Å². The third kappa shape index (κ3) is 3.51. The van der Waals surface area contributed by atoms with Crippen molar-refractivity contribution in [3.63, 3.8) is 0 Å². The molecule has 10 heteroatoms. The molecule has 0 bridgehead atoms. The van der Waals surface area contributed by atoms with E-state index in [0.29, 0.717) is 0 Å². The van der Waals surface area contributed by atoms with E-state index in [1.807, 2.05) is 30.3 Å². The summed E-state index contributed by atoms with van der Waals surface area (Å²) in [5, 5.41) is 15.2. The number of benzene rings is 1. The minimum atomic E-state index is -1.38. The Balaban J connectivity index is 1.82. The van der Waals surface area contributed by atoms with E-state index in [9.17, 15) is 9.90 Å². The molecule has 0 saturated carbocycles. The van der Waals surface area contributed by atoms with Crippen LogP contribution in [0.4, 0.5) is 0 Å². The fraction of sp³-hybridized carbons (Fsp3) is 0.562. The minimum absolute atomic E-state index is 0.120. The number of aliphatic hydroxyl groups is 1. The normalized spacial score (nSPS) is 33.7. The zero-order chi connectivity index (χ0) is 18.7. The number of fused-ring (bicyclic) bond motifs is 1. The second kappa shape index (κ2) is 8.00. The third-order valence-corrected chi connectivity index (χ3v) is 4.46. The standard InChI is InChI=1S/C16H20N4O6/c1-20(23-2)15(22)14-12(21)11(18-19-17)13-10(25-14)8-24-16(26-13)9-6-4-3-5-7-9/h3-7,10-14,16,21H,8H2,1-2H3/t10-,11?,12-,13+,14-,16+/m1/s1. The van der Waals surface area contributed by atoms with E-state index in [2.05, 4.69) is 10.0 Å². The van der Waals surface area contributed by atoms with Crippen molar-refractivity contribution in [3.8, 4) is 0 Å². The second-order valence-corrected chi connectivity index (χ2v) is 5.98. The summed E-state index contributed by atoms with van der Waals surface area (Å²) in [6.45, 7) is 0.120. The molecule has 3 rings (SSSR count). The fourth-order valence-electron chi connectivity index (χ4n) is 3.06. The van der Waals surface area contributed by atoms with E-state index >= 15 is 0 Å². The largest absolute Gasteiger partial charge is 0.389 e. The van der Waals surface area contributed by atoms with Gasteiger partial charge in [0.05, 0.1) is 19.8 Å². The summed E-state index contributed by atoms with van der Waals surface area (Å²) in [4.78, 5) is 20.0. The number of hydrogen-bond acceptors (Lipinski definition) is 7. The van der Waals surface area contributed by atoms with E-state index in [-0.39, 0.29) is 6.61 Å². The molecule has 0 aromatic heterocycles. The molecule has 140 valence electrons. The van der Waals surface area contributed by atoms with Gasteiger partial charge in [0.25, 0.3) is 5.91 Å². The Bertz CT molecular complexity index is 683. The van der Waals surface area contributed by atoms with Gasteiger partial charge in [-0.1, -0.05) is 35.4 Å². The number of aliphatic hydroxyl groups excluding tert-OH is 1. The number of carbonyl (C=O) groups excluding carboxylic acids is 1. The number of likely N-dealkylation sites (N-methyl/N-ethyl adjacent to an activating group) is 1. The van der Waals surface area contributed by atoms with Crippen LogP contribution in [0.3, 0.4) is 0 Å². The van der Waals surface area contributed by atoms with Crippen LogP contribution in [0.15, 0.2) is 35.4 Å². The van der Waals surface area contributed by atoms with E-state index < -0.39 is 42.7 Å². The molecule has 0 aliphatic carbocycles. The first-order chi connectivity index (χ1) is 12.6. The Kier molecular flexibility index (Phi) is 5.72. The number of azide groups is 1. The van der Waals surface area contributed by atoms with Gasteiger partial charge in [-0.2, -0.15) is 0 Å². The Morgan fingerprint density at radius 2 is 2.12 bits per heavy atom. The average molecular weight is 364 g/mol. The molecule has 10 nitrogen and oxygen atoms in total. The first-order valence-electron chi connectivity index (χ1n) is 8.08. The highest BCUT2D eigenvalue weighted by atomic mass is 16.7. The van der Waals surface area contributed by atoms with Gasteiger partial charge in [0.15, 0.2) is 12.4 Å². The molecule has 2 aliphatic rings. The van der Waals surface area contributed by atoms with Crippen molar-refractivity contribution in [2.75, 3.05) is 20.8 Å². The molecule has 2 aliphatic heterocycles. The van der Waals surface area contributed by atoms with Crippen LogP contribution in [-0.2, 0) is 23.8 Å². The van der Waals surface area contributed by atoms with Crippen molar-refractivity contribution in [2.24, 2.45) is 5.11 Å². The number of ether oxygens (including phenoxy) is 3. The lowest BCUT2D eigenvalue weighted by molar-refractivity contribution is -0.306. The quantitative estimate of drug-likeness (QED) is 0.366. The highest BCUT2D eigenvalue weighted by Crippen LogP contribution is 2.35. The topological polar surface area (TPSA) is 126 Å². The Morgan fingerprint density at radius 3 is 2.77 bits per heavy atom. The Hall–Kier alpha value is -2.20. The summed E-state index contributed by atoms with van der Waals surface area (Å²) in [5.41, 5.74) is 9.68. The highest BCUT2D eigenvalue weighted by Gasteiger charge is 2.51. The van der Waals surface area contributed by atoms with Crippen LogP contribution < -0.4 is 0 Å². The van der Waals surface area contributed by atoms with Crippen molar-refractivity contribution < 1.29 is 28.9 Å². The van der Waals surface area contributed by atoms with Gasteiger partial charge in [-0.25, -0.2) is 5.06 Å². The van der Waals surface area contributed by atoms with Gasteiger partial charge in [0, 0.05) is 17.5 Å². The monoisotopic (exact) mass is 364 g/mol. The van der Waals surface area contributed by atoms with Crippen LogP contribution in [0.25, 0.3) is 10.4 Å². The highest BCUT2D eigenvalue weighted by molar-refractivity contribution is 5.80. The van der Waals surface area contributed by atoms with E-state index in [1.54, 1.807) is 0 Å². The number of nitrogens with zero attached hydrogens (tertiary/aromatic N) is 4. The Morgan fingerprint density at radius 1 is 1.38 bits per heavy atom. The third-order valence-electron chi connectivity index (χ3n) is 4.46. The maximum absolute atomic E-state index is 12.3. The number of amides is 1. The lowest BCUT2D eigenvalue weighted by atomic mass is 9.92. The fourth-order valence-corrected chi connectivity index (χ4v) is 3.06. The van der Waals surface area contributed by atoms with Gasteiger partial charge >= 0.3 is 0 Å². The van der Waals surface area contributed by atoms with Crippen molar-refractivity contribution in [3.05, 3.63) is 46.3 Å². The number of rotatable bonds is 4. The van der Waals surface area contributed by atoms with E-state index in [1.165, 1.54) is 14.2 Å². The predicted molar refractivity (Wildman–Crippen MR) is 87.4 cm³/mol. The smallest absolute Gasteiger partial charge is 0.277 e. The zero-order valence-electron chi connectivity index (χ0n) is 14.3. The van der Waals surface area contributed by atoms with E-state index in [4.69, 9.17) is 24.6 Å². The van der Waals surface area contributed by atoms with Crippen LogP contribution in [0, 0.1) is 0 Å². The molecule has 6 atom stereocenters. The van der Waals surface area contributed by atoms with Crippen molar-refractivity contribution in [2.45, 2.75) is 36.7 Å². The lowest BCUT2D eigenvalue weighted by Crippen LogP contribution is -2.64. The molecule has 1 N–H and O–H groups in total. The van der Waals surface area contributed by atoms with E-state index in [0.717, 1.165) is 10.6 Å². The molecule has 1 amide bonds. The first-order valence-corrected chi connectivity index (χ1v) is 8.08. The van der Waals surface area contributed by atoms with Crippen LogP contribution in [0.2, 0.25) is 0 Å². The molecule has 2 saturated heterocycles. The van der Waals surface area contributed by atoms with Crippen LogP contribution in [-0.4, -0.2) is 67.3 Å². The number of hydrogen-bond donors (Lipinski definition) is 1. The summed E-state index contributed by atoms with van der Waals surface area (Å²) in [7, 11) is 2.71. The Labute approximate surface area is 149 Å². The maximum Gasteiger partial charge on any atom is 0.277 e. The van der Waals surface area contributed by atoms with Gasteiger partial charge < -0.3 is 19.3 Å². The summed E-state index contributed by atoms with van der Waals surface area (Å²) in [6.07, 6.45) is -4.74. The van der Waals surface area contributed by atoms with Crippen LogP contribution in [0.5, 0.6) is 0 Å². The predicted octanol–water partition coefficient (Wildman–Crippen LogP) is 0.928. The summed E-state index contributed by atoms with van der Waals surface area (Å²) in [6, 6.07) is 8.24. The molecule has 1 aromatic rings. The van der Waals surface area contributed by atoms with Crippen LogP contribution >= 0.6 is 0 Å². The second-order valence-electron chi connectivity index (χ2n) is 5.98. The SMILES string of the molecule is CON(C)C(=O)[C@@H]1O[C@@H]2CO[C@H](c3ccccc3)O[C@@H]2C(N=[N+]=[N-])[C@H]1O.